The summed E-state index contributed by atoms with van der Waals surface area (Å²) in [5.74, 6) is 1.00. The topological polar surface area (TPSA) is 64.3 Å². The average Bonchev–Trinajstić information content (AvgIpc) is 3.01. The molecule has 2 rings (SSSR count). The van der Waals surface area contributed by atoms with Gasteiger partial charge in [0.15, 0.2) is 0 Å². The minimum Gasteiger partial charge on any atom is -0.494 e. The third-order valence-corrected chi connectivity index (χ3v) is 4.39. The molecule has 0 spiro atoms. The molecular formula is C18H28N2O2. The van der Waals surface area contributed by atoms with Gasteiger partial charge in [-0.15, -0.1) is 0 Å². The van der Waals surface area contributed by atoms with E-state index in [2.05, 4.69) is 12.2 Å². The van der Waals surface area contributed by atoms with Gasteiger partial charge in [0.1, 0.15) is 5.75 Å². The monoisotopic (exact) mass is 304 g/mol. The summed E-state index contributed by atoms with van der Waals surface area (Å²) >= 11 is 0. The average molecular weight is 304 g/mol. The Bertz CT molecular complexity index is 464. The standard InChI is InChI=1S/C18H28N2O2/c1-2-13-22-16-8-5-15(6-9-16)7-10-17(21)20-18(14-19)11-3-4-12-18/h5-6,8-9H,2-4,7,10-14,19H2,1H3,(H,20,21). The normalized spacial score (nSPS) is 16.5. The minimum absolute atomic E-state index is 0.110. The van der Waals surface area contributed by atoms with Gasteiger partial charge >= 0.3 is 0 Å². The summed E-state index contributed by atoms with van der Waals surface area (Å²) in [6, 6.07) is 8.02. The van der Waals surface area contributed by atoms with Crippen LogP contribution < -0.4 is 15.8 Å². The summed E-state index contributed by atoms with van der Waals surface area (Å²) in [4.78, 5) is 12.2. The van der Waals surface area contributed by atoms with Crippen molar-refractivity contribution in [2.45, 2.75) is 57.4 Å². The third-order valence-electron chi connectivity index (χ3n) is 4.39. The van der Waals surface area contributed by atoms with Gasteiger partial charge < -0.3 is 15.8 Å². The molecular weight excluding hydrogens is 276 g/mol. The fourth-order valence-electron chi connectivity index (χ4n) is 3.02. The zero-order valence-corrected chi connectivity index (χ0v) is 13.6. The van der Waals surface area contributed by atoms with E-state index < -0.39 is 0 Å². The Hall–Kier alpha value is -1.55. The van der Waals surface area contributed by atoms with Crippen LogP contribution in [0.15, 0.2) is 24.3 Å². The van der Waals surface area contributed by atoms with Crippen LogP contribution >= 0.6 is 0 Å². The molecule has 4 nitrogen and oxygen atoms in total. The number of hydrogen-bond acceptors (Lipinski definition) is 3. The van der Waals surface area contributed by atoms with E-state index in [4.69, 9.17) is 10.5 Å². The Balaban J connectivity index is 1.78. The molecule has 0 radical (unpaired) electrons. The molecule has 0 atom stereocenters. The maximum absolute atomic E-state index is 12.2. The van der Waals surface area contributed by atoms with Crippen LogP contribution in [0.5, 0.6) is 5.75 Å². The van der Waals surface area contributed by atoms with E-state index in [0.717, 1.165) is 56.4 Å². The zero-order chi connectivity index (χ0) is 15.8. The van der Waals surface area contributed by atoms with E-state index in [-0.39, 0.29) is 11.4 Å². The predicted molar refractivity (Wildman–Crippen MR) is 88.9 cm³/mol. The Morgan fingerprint density at radius 2 is 1.95 bits per heavy atom. The van der Waals surface area contributed by atoms with Crippen LogP contribution in [0.25, 0.3) is 0 Å². The molecule has 0 saturated heterocycles. The number of aryl methyl sites for hydroxylation is 1. The minimum atomic E-state index is -0.144. The summed E-state index contributed by atoms with van der Waals surface area (Å²) in [5, 5.41) is 3.16. The molecule has 0 heterocycles. The van der Waals surface area contributed by atoms with Crippen molar-refractivity contribution in [1.29, 1.82) is 0 Å². The predicted octanol–water partition coefficient (Wildman–Crippen LogP) is 2.80. The van der Waals surface area contributed by atoms with E-state index in [1.165, 1.54) is 0 Å². The van der Waals surface area contributed by atoms with Crippen LogP contribution in [-0.4, -0.2) is 24.6 Å². The molecule has 0 aromatic heterocycles. The molecule has 1 saturated carbocycles. The highest BCUT2D eigenvalue weighted by Gasteiger charge is 2.33. The van der Waals surface area contributed by atoms with Crippen LogP contribution in [0.2, 0.25) is 0 Å². The molecule has 0 unspecified atom stereocenters. The molecule has 1 aromatic rings. The van der Waals surface area contributed by atoms with Crippen molar-refractivity contribution in [2.75, 3.05) is 13.2 Å². The van der Waals surface area contributed by atoms with Crippen molar-refractivity contribution in [3.63, 3.8) is 0 Å². The Morgan fingerprint density at radius 1 is 1.27 bits per heavy atom. The molecule has 122 valence electrons. The fourth-order valence-corrected chi connectivity index (χ4v) is 3.02. The van der Waals surface area contributed by atoms with Crippen LogP contribution in [0.1, 0.15) is 51.0 Å². The SMILES string of the molecule is CCCOc1ccc(CCC(=O)NC2(CN)CCCC2)cc1. The van der Waals surface area contributed by atoms with E-state index in [9.17, 15) is 4.79 Å². The number of carbonyl (C=O) groups is 1. The summed E-state index contributed by atoms with van der Waals surface area (Å²) < 4.78 is 5.56. The summed E-state index contributed by atoms with van der Waals surface area (Å²) in [6.07, 6.45) is 6.62. The lowest BCUT2D eigenvalue weighted by molar-refractivity contribution is -0.122. The second-order valence-corrected chi connectivity index (χ2v) is 6.23. The number of hydrogen-bond donors (Lipinski definition) is 2. The van der Waals surface area contributed by atoms with Gasteiger partial charge in [-0.3, -0.25) is 4.79 Å². The van der Waals surface area contributed by atoms with Crippen molar-refractivity contribution >= 4 is 5.91 Å². The molecule has 4 heteroatoms. The molecule has 3 N–H and O–H groups in total. The Kier molecular flexibility index (Phi) is 6.25. The fraction of sp³-hybridized carbons (Fsp3) is 0.611. The van der Waals surface area contributed by atoms with Crippen molar-refractivity contribution in [3.05, 3.63) is 29.8 Å². The van der Waals surface area contributed by atoms with Crippen molar-refractivity contribution in [2.24, 2.45) is 5.73 Å². The maximum Gasteiger partial charge on any atom is 0.220 e. The van der Waals surface area contributed by atoms with Crippen molar-refractivity contribution in [1.82, 2.24) is 5.32 Å². The largest absolute Gasteiger partial charge is 0.494 e. The molecule has 1 aliphatic rings. The first kappa shape index (κ1) is 16.8. The van der Waals surface area contributed by atoms with E-state index in [0.29, 0.717) is 13.0 Å². The van der Waals surface area contributed by atoms with Crippen LogP contribution in [0, 0.1) is 0 Å². The number of nitrogens with two attached hydrogens (primary N) is 1. The molecule has 0 aliphatic heterocycles. The maximum atomic E-state index is 12.2. The summed E-state index contributed by atoms with van der Waals surface area (Å²) in [5.41, 5.74) is 6.87. The van der Waals surface area contributed by atoms with Gasteiger partial charge in [-0.25, -0.2) is 0 Å². The first-order valence-electron chi connectivity index (χ1n) is 8.40. The van der Waals surface area contributed by atoms with Crippen molar-refractivity contribution < 1.29 is 9.53 Å². The van der Waals surface area contributed by atoms with Gasteiger partial charge in [-0.05, 0) is 43.4 Å². The zero-order valence-electron chi connectivity index (χ0n) is 13.6. The third kappa shape index (κ3) is 4.73. The van der Waals surface area contributed by atoms with Crippen LogP contribution in [0.3, 0.4) is 0 Å². The van der Waals surface area contributed by atoms with Crippen LogP contribution in [-0.2, 0) is 11.2 Å². The highest BCUT2D eigenvalue weighted by atomic mass is 16.5. The summed E-state index contributed by atoms with van der Waals surface area (Å²) in [7, 11) is 0. The lowest BCUT2D eigenvalue weighted by Crippen LogP contribution is -2.51. The van der Waals surface area contributed by atoms with Gasteiger partial charge in [0, 0.05) is 13.0 Å². The number of nitrogens with one attached hydrogen (secondary N) is 1. The van der Waals surface area contributed by atoms with Gasteiger partial charge in [0.25, 0.3) is 0 Å². The van der Waals surface area contributed by atoms with Gasteiger partial charge in [-0.2, -0.15) is 0 Å². The molecule has 1 aliphatic carbocycles. The first-order valence-corrected chi connectivity index (χ1v) is 8.40. The Labute approximate surface area is 133 Å². The molecule has 0 bridgehead atoms. The number of carbonyl (C=O) groups excluding carboxylic acids is 1. The lowest BCUT2D eigenvalue weighted by atomic mass is 9.97. The number of amides is 1. The van der Waals surface area contributed by atoms with Gasteiger partial charge in [-0.1, -0.05) is 31.9 Å². The number of benzene rings is 1. The highest BCUT2D eigenvalue weighted by Crippen LogP contribution is 2.28. The number of rotatable bonds is 8. The first-order chi connectivity index (χ1) is 10.7. The highest BCUT2D eigenvalue weighted by molar-refractivity contribution is 5.77. The molecule has 1 amide bonds. The van der Waals surface area contributed by atoms with E-state index in [1.807, 2.05) is 24.3 Å². The summed E-state index contributed by atoms with van der Waals surface area (Å²) in [6.45, 7) is 3.37. The quantitative estimate of drug-likeness (QED) is 0.776. The lowest BCUT2D eigenvalue weighted by Gasteiger charge is -2.28. The Morgan fingerprint density at radius 3 is 2.55 bits per heavy atom. The molecule has 1 fully saturated rings. The van der Waals surface area contributed by atoms with Crippen molar-refractivity contribution in [3.8, 4) is 5.75 Å². The second-order valence-electron chi connectivity index (χ2n) is 6.23. The van der Waals surface area contributed by atoms with Gasteiger partial charge in [0.05, 0.1) is 12.1 Å². The molecule has 22 heavy (non-hydrogen) atoms. The molecule has 1 aromatic carbocycles. The van der Waals surface area contributed by atoms with Gasteiger partial charge in [0.2, 0.25) is 5.91 Å². The van der Waals surface area contributed by atoms with E-state index in [1.54, 1.807) is 0 Å². The second kappa shape index (κ2) is 8.18. The smallest absolute Gasteiger partial charge is 0.220 e. The van der Waals surface area contributed by atoms with Crippen LogP contribution in [0.4, 0.5) is 0 Å². The van der Waals surface area contributed by atoms with E-state index >= 15 is 0 Å². The number of ether oxygens (including phenoxy) is 1.